The van der Waals surface area contributed by atoms with Crippen molar-refractivity contribution in [1.82, 2.24) is 0 Å². The Hall–Kier alpha value is -0.570. The van der Waals surface area contributed by atoms with Crippen molar-refractivity contribution < 1.29 is 14.3 Å². The Labute approximate surface area is 123 Å². The minimum Gasteiger partial charge on any atom is -0.435 e. The highest BCUT2D eigenvalue weighted by Crippen LogP contribution is 2.46. The first-order valence-corrected chi connectivity index (χ1v) is 8.20. The number of ether oxygens (including phenoxy) is 2. The van der Waals surface area contributed by atoms with Crippen molar-refractivity contribution in [3.63, 3.8) is 0 Å². The summed E-state index contributed by atoms with van der Waals surface area (Å²) in [5, 5.41) is 0. The van der Waals surface area contributed by atoms with Gasteiger partial charge < -0.3 is 9.47 Å². The van der Waals surface area contributed by atoms with Crippen LogP contribution in [0.1, 0.15) is 66.7 Å². The van der Waals surface area contributed by atoms with Gasteiger partial charge in [-0.2, -0.15) is 0 Å². The van der Waals surface area contributed by atoms with Crippen molar-refractivity contribution in [2.24, 2.45) is 23.2 Å². The second-order valence-electron chi connectivity index (χ2n) is 7.60. The Balaban J connectivity index is 1.92. The molecule has 2 aliphatic carbocycles. The first kappa shape index (κ1) is 15.8. The minimum atomic E-state index is -0.425. The van der Waals surface area contributed by atoms with Gasteiger partial charge in [0.15, 0.2) is 0 Å². The highest BCUT2D eigenvalue weighted by molar-refractivity contribution is 5.75. The van der Waals surface area contributed by atoms with Crippen LogP contribution in [0.25, 0.3) is 0 Å². The Morgan fingerprint density at radius 2 is 1.95 bits per heavy atom. The Kier molecular flexibility index (Phi) is 4.78. The molecule has 0 spiro atoms. The van der Waals surface area contributed by atoms with E-state index in [0.717, 1.165) is 18.8 Å². The fourth-order valence-electron chi connectivity index (χ4n) is 3.26. The lowest BCUT2D eigenvalue weighted by Gasteiger charge is -2.31. The number of hydrogen-bond donors (Lipinski definition) is 0. The molecule has 2 aliphatic rings. The maximum absolute atomic E-state index is 12.2. The van der Waals surface area contributed by atoms with Crippen LogP contribution >= 0.6 is 0 Å². The average Bonchev–Trinajstić information content (AvgIpc) is 2.99. The summed E-state index contributed by atoms with van der Waals surface area (Å²) >= 11 is 0. The van der Waals surface area contributed by atoms with Crippen LogP contribution in [0, 0.1) is 23.2 Å². The van der Waals surface area contributed by atoms with E-state index in [1.54, 1.807) is 0 Å². The van der Waals surface area contributed by atoms with E-state index in [1.165, 1.54) is 19.3 Å². The van der Waals surface area contributed by atoms with Gasteiger partial charge in [-0.15, -0.1) is 0 Å². The van der Waals surface area contributed by atoms with E-state index < -0.39 is 11.7 Å². The molecule has 0 aliphatic heterocycles. The second-order valence-corrected chi connectivity index (χ2v) is 7.60. The molecule has 3 heteroatoms. The molecule has 3 nitrogen and oxygen atoms in total. The lowest BCUT2D eigenvalue weighted by Crippen LogP contribution is -2.37. The number of esters is 1. The van der Waals surface area contributed by atoms with E-state index in [0.29, 0.717) is 12.0 Å². The number of carbonyl (C=O) groups is 1. The Morgan fingerprint density at radius 3 is 2.40 bits per heavy atom. The smallest absolute Gasteiger partial charge is 0.313 e. The van der Waals surface area contributed by atoms with Crippen molar-refractivity contribution in [2.75, 3.05) is 0 Å². The largest absolute Gasteiger partial charge is 0.435 e. The number of fused-ring (bicyclic) bond motifs is 2. The molecule has 4 unspecified atom stereocenters. The third-order valence-electron chi connectivity index (χ3n) is 5.19. The lowest BCUT2D eigenvalue weighted by atomic mass is 9.90. The van der Waals surface area contributed by atoms with Gasteiger partial charge in [-0.1, -0.05) is 20.8 Å². The number of carbonyl (C=O) groups excluding carboxylic acids is 1. The maximum atomic E-state index is 12.2. The zero-order valence-electron chi connectivity index (χ0n) is 13.6. The van der Waals surface area contributed by atoms with Crippen molar-refractivity contribution >= 4 is 5.97 Å². The van der Waals surface area contributed by atoms with E-state index in [4.69, 9.17) is 9.47 Å². The molecule has 0 heterocycles. The van der Waals surface area contributed by atoms with Crippen LogP contribution in [0.15, 0.2) is 0 Å². The highest BCUT2D eigenvalue weighted by Gasteiger charge is 2.42. The molecule has 0 N–H and O–H groups in total. The van der Waals surface area contributed by atoms with E-state index in [2.05, 4.69) is 13.8 Å². The van der Waals surface area contributed by atoms with Gasteiger partial charge in [0.2, 0.25) is 6.29 Å². The molecule has 0 saturated heterocycles. The molecular formula is C17H30O3. The van der Waals surface area contributed by atoms with Crippen molar-refractivity contribution in [3.8, 4) is 0 Å². The zero-order valence-corrected chi connectivity index (χ0v) is 13.6. The molecule has 0 radical (unpaired) electrons. The summed E-state index contributed by atoms with van der Waals surface area (Å²) in [7, 11) is 0. The fraction of sp³-hybridized carbons (Fsp3) is 0.941. The van der Waals surface area contributed by atoms with Crippen LogP contribution in [0.2, 0.25) is 0 Å². The van der Waals surface area contributed by atoms with Gasteiger partial charge in [-0.25, -0.2) is 0 Å². The van der Waals surface area contributed by atoms with Crippen molar-refractivity contribution in [1.29, 1.82) is 0 Å². The normalized spacial score (nSPS) is 30.8. The Bertz CT molecular complexity index is 348. The van der Waals surface area contributed by atoms with Gasteiger partial charge in [0.25, 0.3) is 0 Å². The van der Waals surface area contributed by atoms with Crippen LogP contribution in [0.5, 0.6) is 0 Å². The van der Waals surface area contributed by atoms with Gasteiger partial charge >= 0.3 is 5.97 Å². The lowest BCUT2D eigenvalue weighted by molar-refractivity contribution is -0.214. The molecule has 0 aromatic rings. The minimum absolute atomic E-state index is 0.137. The molecule has 4 atom stereocenters. The average molecular weight is 282 g/mol. The van der Waals surface area contributed by atoms with Crippen LogP contribution in [0.4, 0.5) is 0 Å². The SMILES string of the molecule is CCC(C)(C)C(=O)OC(OC1CC2CCC1C2)C(C)C. The van der Waals surface area contributed by atoms with Crippen molar-refractivity contribution in [3.05, 3.63) is 0 Å². The molecular weight excluding hydrogens is 252 g/mol. The maximum Gasteiger partial charge on any atom is 0.313 e. The molecule has 116 valence electrons. The van der Waals surface area contributed by atoms with Gasteiger partial charge in [0.1, 0.15) is 0 Å². The van der Waals surface area contributed by atoms with E-state index in [-0.39, 0.29) is 11.9 Å². The van der Waals surface area contributed by atoms with E-state index in [9.17, 15) is 4.79 Å². The third kappa shape index (κ3) is 3.36. The molecule has 20 heavy (non-hydrogen) atoms. The molecule has 2 fully saturated rings. The molecule has 0 aromatic heterocycles. The van der Waals surface area contributed by atoms with Gasteiger partial charge in [0, 0.05) is 5.92 Å². The van der Waals surface area contributed by atoms with Gasteiger partial charge in [-0.05, 0) is 57.8 Å². The number of rotatable bonds is 6. The summed E-state index contributed by atoms with van der Waals surface area (Å²) in [4.78, 5) is 12.2. The first-order chi connectivity index (χ1) is 9.33. The summed E-state index contributed by atoms with van der Waals surface area (Å²) < 4.78 is 11.9. The van der Waals surface area contributed by atoms with Crippen LogP contribution in [0.3, 0.4) is 0 Å². The third-order valence-corrected chi connectivity index (χ3v) is 5.19. The van der Waals surface area contributed by atoms with Crippen LogP contribution in [-0.2, 0) is 14.3 Å². The zero-order chi connectivity index (χ0) is 14.9. The number of hydrogen-bond acceptors (Lipinski definition) is 3. The molecule has 2 rings (SSSR count). The summed E-state index contributed by atoms with van der Waals surface area (Å²) in [6, 6.07) is 0. The second kappa shape index (κ2) is 6.05. The summed E-state index contributed by atoms with van der Waals surface area (Å²) in [6.07, 6.45) is 5.81. The quantitative estimate of drug-likeness (QED) is 0.542. The Morgan fingerprint density at radius 1 is 1.25 bits per heavy atom. The van der Waals surface area contributed by atoms with Crippen LogP contribution < -0.4 is 0 Å². The van der Waals surface area contributed by atoms with Crippen molar-refractivity contribution in [2.45, 2.75) is 79.1 Å². The van der Waals surface area contributed by atoms with Gasteiger partial charge in [0.05, 0.1) is 11.5 Å². The molecule has 0 amide bonds. The van der Waals surface area contributed by atoms with E-state index in [1.807, 2.05) is 20.8 Å². The van der Waals surface area contributed by atoms with Gasteiger partial charge in [-0.3, -0.25) is 4.79 Å². The fourth-order valence-corrected chi connectivity index (χ4v) is 3.26. The predicted molar refractivity (Wildman–Crippen MR) is 79.1 cm³/mol. The van der Waals surface area contributed by atoms with Crippen LogP contribution in [-0.4, -0.2) is 18.4 Å². The predicted octanol–water partition coefficient (Wildman–Crippen LogP) is 4.15. The summed E-state index contributed by atoms with van der Waals surface area (Å²) in [5.41, 5.74) is -0.425. The topological polar surface area (TPSA) is 35.5 Å². The monoisotopic (exact) mass is 282 g/mol. The first-order valence-electron chi connectivity index (χ1n) is 8.20. The molecule has 2 bridgehead atoms. The standard InChI is InChI=1S/C17H30O3/c1-6-17(4,5)16(18)20-15(11(2)3)19-14-10-12-7-8-13(14)9-12/h11-15H,6-10H2,1-5H3. The highest BCUT2D eigenvalue weighted by atomic mass is 16.7. The molecule has 2 saturated carbocycles. The summed E-state index contributed by atoms with van der Waals surface area (Å²) in [6.45, 7) is 10.0. The van der Waals surface area contributed by atoms with E-state index >= 15 is 0 Å². The molecule has 0 aromatic carbocycles. The summed E-state index contributed by atoms with van der Waals surface area (Å²) in [5.74, 6) is 1.60.